The molecule has 1 unspecified atom stereocenters. The highest BCUT2D eigenvalue weighted by Gasteiger charge is 2.29. The lowest BCUT2D eigenvalue weighted by atomic mass is 10.1. The first kappa shape index (κ1) is 15.0. The van der Waals surface area contributed by atoms with Gasteiger partial charge in [0.05, 0.1) is 38.2 Å². The van der Waals surface area contributed by atoms with E-state index in [4.69, 9.17) is 15.1 Å². The minimum absolute atomic E-state index is 0.135. The van der Waals surface area contributed by atoms with Crippen molar-refractivity contribution in [3.63, 3.8) is 0 Å². The zero-order valence-corrected chi connectivity index (χ0v) is 11.5. The number of benzene rings is 1. The van der Waals surface area contributed by atoms with Crippen LogP contribution in [0.2, 0.25) is 0 Å². The Bertz CT molecular complexity index is 579. The molecule has 0 saturated carbocycles. The van der Waals surface area contributed by atoms with Crippen molar-refractivity contribution < 1.29 is 19.4 Å². The Morgan fingerprint density at radius 3 is 3.00 bits per heavy atom. The van der Waals surface area contributed by atoms with Crippen molar-refractivity contribution in [3.8, 4) is 6.07 Å². The molecule has 0 bridgehead atoms. The summed E-state index contributed by atoms with van der Waals surface area (Å²) in [6, 6.07) is 8.46. The van der Waals surface area contributed by atoms with Gasteiger partial charge in [-0.1, -0.05) is 12.1 Å². The lowest BCUT2D eigenvalue weighted by molar-refractivity contribution is -0.139. The van der Waals surface area contributed by atoms with E-state index in [1.54, 1.807) is 29.2 Å². The molecular weight excluding hydrogens is 272 g/mol. The highest BCUT2D eigenvalue weighted by atomic mass is 16.5. The predicted molar refractivity (Wildman–Crippen MR) is 73.7 cm³/mol. The van der Waals surface area contributed by atoms with E-state index < -0.39 is 12.0 Å². The van der Waals surface area contributed by atoms with Gasteiger partial charge in [0.2, 0.25) is 0 Å². The standard InChI is InChI=1S/C15H16N2O4/c16-5-4-11-2-1-3-12(8-11)15(20)17-6-7-21-10-13(17)9-14(18)19/h1-3,8,13H,4,6-7,9-10H2,(H,18,19). The second kappa shape index (κ2) is 6.86. The molecule has 1 amide bonds. The highest BCUT2D eigenvalue weighted by molar-refractivity contribution is 5.95. The molecule has 0 aliphatic carbocycles. The SMILES string of the molecule is N#CCc1cccc(C(=O)N2CCOCC2CC(=O)O)c1. The van der Waals surface area contributed by atoms with E-state index in [-0.39, 0.29) is 25.4 Å². The maximum absolute atomic E-state index is 12.5. The Kier molecular flexibility index (Phi) is 4.90. The van der Waals surface area contributed by atoms with Gasteiger partial charge in [-0.2, -0.15) is 5.26 Å². The first-order valence-corrected chi connectivity index (χ1v) is 6.68. The third-order valence-corrected chi connectivity index (χ3v) is 3.36. The molecule has 0 spiro atoms. The molecule has 1 aromatic carbocycles. The summed E-state index contributed by atoms with van der Waals surface area (Å²) in [7, 11) is 0. The van der Waals surface area contributed by atoms with Crippen LogP contribution in [-0.2, 0) is 16.0 Å². The van der Waals surface area contributed by atoms with Crippen molar-refractivity contribution in [2.75, 3.05) is 19.8 Å². The number of carbonyl (C=O) groups excluding carboxylic acids is 1. The van der Waals surface area contributed by atoms with Crippen LogP contribution in [0.15, 0.2) is 24.3 Å². The number of nitrogens with zero attached hydrogens (tertiary/aromatic N) is 2. The number of carboxylic acid groups (broad SMARTS) is 1. The Morgan fingerprint density at radius 2 is 2.29 bits per heavy atom. The number of carboxylic acids is 1. The molecule has 1 atom stereocenters. The van der Waals surface area contributed by atoms with Crippen LogP contribution in [0.1, 0.15) is 22.3 Å². The number of nitriles is 1. The Balaban J connectivity index is 2.18. The average molecular weight is 288 g/mol. The number of rotatable bonds is 4. The van der Waals surface area contributed by atoms with E-state index in [0.717, 1.165) is 5.56 Å². The summed E-state index contributed by atoms with van der Waals surface area (Å²) in [6.07, 6.45) is 0.104. The van der Waals surface area contributed by atoms with Crippen LogP contribution in [0.3, 0.4) is 0 Å². The van der Waals surface area contributed by atoms with E-state index in [1.165, 1.54) is 0 Å². The number of hydrogen-bond acceptors (Lipinski definition) is 4. The molecule has 1 fully saturated rings. The van der Waals surface area contributed by atoms with Crippen LogP contribution < -0.4 is 0 Å². The van der Waals surface area contributed by atoms with Crippen LogP contribution in [0.25, 0.3) is 0 Å². The fraction of sp³-hybridized carbons (Fsp3) is 0.400. The normalized spacial score (nSPS) is 18.0. The van der Waals surface area contributed by atoms with Crippen LogP contribution in [0.4, 0.5) is 0 Å². The highest BCUT2D eigenvalue weighted by Crippen LogP contribution is 2.16. The zero-order valence-electron chi connectivity index (χ0n) is 11.5. The third-order valence-electron chi connectivity index (χ3n) is 3.36. The van der Waals surface area contributed by atoms with Gasteiger partial charge in [-0.15, -0.1) is 0 Å². The van der Waals surface area contributed by atoms with Gasteiger partial charge in [0.1, 0.15) is 0 Å². The second-order valence-corrected chi connectivity index (χ2v) is 4.86. The van der Waals surface area contributed by atoms with E-state index in [9.17, 15) is 9.59 Å². The summed E-state index contributed by atoms with van der Waals surface area (Å²) in [6.45, 7) is 1.01. The van der Waals surface area contributed by atoms with Crippen LogP contribution in [-0.4, -0.2) is 47.7 Å². The minimum Gasteiger partial charge on any atom is -0.481 e. The molecule has 0 radical (unpaired) electrons. The molecule has 6 nitrogen and oxygen atoms in total. The lowest BCUT2D eigenvalue weighted by Crippen LogP contribution is -2.49. The molecule has 110 valence electrons. The van der Waals surface area contributed by atoms with Crippen LogP contribution in [0.5, 0.6) is 0 Å². The van der Waals surface area contributed by atoms with E-state index in [1.807, 2.05) is 6.07 Å². The number of carbonyl (C=O) groups is 2. The zero-order chi connectivity index (χ0) is 15.2. The molecule has 21 heavy (non-hydrogen) atoms. The van der Waals surface area contributed by atoms with E-state index in [0.29, 0.717) is 18.7 Å². The fourth-order valence-electron chi connectivity index (χ4n) is 2.36. The van der Waals surface area contributed by atoms with Crippen molar-refractivity contribution in [2.24, 2.45) is 0 Å². The van der Waals surface area contributed by atoms with Crippen LogP contribution >= 0.6 is 0 Å². The fourth-order valence-corrected chi connectivity index (χ4v) is 2.36. The number of amides is 1. The third kappa shape index (κ3) is 3.80. The number of morpholine rings is 1. The molecule has 1 aliphatic rings. The van der Waals surface area contributed by atoms with Crippen molar-refractivity contribution in [1.82, 2.24) is 4.90 Å². The summed E-state index contributed by atoms with van der Waals surface area (Å²) in [5.41, 5.74) is 1.24. The quantitative estimate of drug-likeness (QED) is 0.894. The van der Waals surface area contributed by atoms with Gasteiger partial charge >= 0.3 is 5.97 Å². The molecule has 1 aliphatic heterocycles. The van der Waals surface area contributed by atoms with Crippen LogP contribution in [0, 0.1) is 11.3 Å². The summed E-state index contributed by atoms with van der Waals surface area (Å²) in [4.78, 5) is 25.0. The summed E-state index contributed by atoms with van der Waals surface area (Å²) >= 11 is 0. The minimum atomic E-state index is -0.957. The van der Waals surface area contributed by atoms with Gasteiger partial charge < -0.3 is 14.7 Å². The number of ether oxygens (including phenoxy) is 1. The smallest absolute Gasteiger partial charge is 0.305 e. The maximum Gasteiger partial charge on any atom is 0.305 e. The van der Waals surface area contributed by atoms with E-state index >= 15 is 0 Å². The van der Waals surface area contributed by atoms with Gasteiger partial charge in [-0.25, -0.2) is 0 Å². The Morgan fingerprint density at radius 1 is 1.48 bits per heavy atom. The number of aliphatic carboxylic acids is 1. The molecule has 0 aromatic heterocycles. The van der Waals surface area contributed by atoms with E-state index in [2.05, 4.69) is 0 Å². The Labute approximate surface area is 122 Å². The van der Waals surface area contributed by atoms with Crippen molar-refractivity contribution in [2.45, 2.75) is 18.9 Å². The van der Waals surface area contributed by atoms with Crippen molar-refractivity contribution in [3.05, 3.63) is 35.4 Å². The molecule has 1 saturated heterocycles. The first-order valence-electron chi connectivity index (χ1n) is 6.68. The van der Waals surface area contributed by atoms with Gasteiger partial charge in [0.15, 0.2) is 0 Å². The Hall–Kier alpha value is -2.39. The predicted octanol–water partition coefficient (Wildman–Crippen LogP) is 1.07. The van der Waals surface area contributed by atoms with Crippen molar-refractivity contribution in [1.29, 1.82) is 5.26 Å². The molecular formula is C15H16N2O4. The number of hydrogen-bond donors (Lipinski definition) is 1. The van der Waals surface area contributed by atoms with Gasteiger partial charge in [0.25, 0.3) is 5.91 Å². The van der Waals surface area contributed by atoms with Gasteiger partial charge in [-0.05, 0) is 17.7 Å². The molecule has 1 heterocycles. The maximum atomic E-state index is 12.5. The summed E-state index contributed by atoms with van der Waals surface area (Å²) in [5, 5.41) is 17.6. The largest absolute Gasteiger partial charge is 0.481 e. The van der Waals surface area contributed by atoms with Crippen molar-refractivity contribution >= 4 is 11.9 Å². The molecule has 1 N–H and O–H groups in total. The van der Waals surface area contributed by atoms with Gasteiger partial charge in [-0.3, -0.25) is 9.59 Å². The summed E-state index contributed by atoms with van der Waals surface area (Å²) < 4.78 is 5.26. The molecule has 2 rings (SSSR count). The van der Waals surface area contributed by atoms with Gasteiger partial charge in [0, 0.05) is 12.1 Å². The second-order valence-electron chi connectivity index (χ2n) is 4.86. The monoisotopic (exact) mass is 288 g/mol. The first-order chi connectivity index (χ1) is 10.1. The molecule has 6 heteroatoms. The average Bonchev–Trinajstić information content (AvgIpc) is 2.47. The summed E-state index contributed by atoms with van der Waals surface area (Å²) in [5.74, 6) is -1.18. The topological polar surface area (TPSA) is 90.6 Å². The lowest BCUT2D eigenvalue weighted by Gasteiger charge is -2.35. The molecule has 1 aromatic rings.